The lowest BCUT2D eigenvalue weighted by Gasteiger charge is -2.20. The normalized spacial score (nSPS) is 22.2. The molecule has 0 aromatic rings. The van der Waals surface area contributed by atoms with Crippen molar-refractivity contribution in [1.82, 2.24) is 10.6 Å². The van der Waals surface area contributed by atoms with Crippen molar-refractivity contribution in [2.45, 2.75) is 32.7 Å². The summed E-state index contributed by atoms with van der Waals surface area (Å²) < 4.78 is 5.26. The van der Waals surface area contributed by atoms with Crippen LogP contribution < -0.4 is 10.6 Å². The minimum Gasteiger partial charge on any atom is -0.481 e. The monoisotopic (exact) mass is 258 g/mol. The van der Waals surface area contributed by atoms with Crippen molar-refractivity contribution in [1.29, 1.82) is 0 Å². The Morgan fingerprint density at radius 2 is 2.22 bits per heavy atom. The fourth-order valence-electron chi connectivity index (χ4n) is 1.94. The Labute approximate surface area is 107 Å². The van der Waals surface area contributed by atoms with Crippen LogP contribution in [0.1, 0.15) is 26.7 Å². The zero-order chi connectivity index (χ0) is 13.5. The van der Waals surface area contributed by atoms with Crippen molar-refractivity contribution >= 4 is 12.0 Å². The first-order chi connectivity index (χ1) is 8.54. The number of hydrogen-bond acceptors (Lipinski definition) is 3. The zero-order valence-corrected chi connectivity index (χ0v) is 10.9. The Hall–Kier alpha value is -1.30. The van der Waals surface area contributed by atoms with Crippen molar-refractivity contribution in [2.24, 2.45) is 11.8 Å². The van der Waals surface area contributed by atoms with Gasteiger partial charge in [0.1, 0.15) is 0 Å². The molecule has 1 heterocycles. The van der Waals surface area contributed by atoms with Gasteiger partial charge in [-0.25, -0.2) is 4.79 Å². The van der Waals surface area contributed by atoms with E-state index in [-0.39, 0.29) is 18.6 Å². The van der Waals surface area contributed by atoms with Crippen LogP contribution in [0.2, 0.25) is 0 Å². The third-order valence-electron chi connectivity index (χ3n) is 3.38. The Balaban J connectivity index is 2.26. The summed E-state index contributed by atoms with van der Waals surface area (Å²) >= 11 is 0. The maximum Gasteiger partial charge on any atom is 0.315 e. The summed E-state index contributed by atoms with van der Waals surface area (Å²) in [5.41, 5.74) is 0. The lowest BCUT2D eigenvalue weighted by atomic mass is 10.0. The minimum atomic E-state index is -0.880. The average molecular weight is 258 g/mol. The molecule has 104 valence electrons. The number of urea groups is 1. The first-order valence-electron chi connectivity index (χ1n) is 6.39. The standard InChI is InChI=1S/C12H22N2O4/c1-3-9(11(15)16)6-13-12(17)14-8(2)10-4-5-18-7-10/h8-10H,3-7H2,1-2H3,(H,15,16)(H2,13,14,17). The minimum absolute atomic E-state index is 0.0393. The van der Waals surface area contributed by atoms with Crippen LogP contribution >= 0.6 is 0 Å². The SMILES string of the molecule is CCC(CNC(=O)NC(C)C1CCOC1)C(=O)O. The second-order valence-electron chi connectivity index (χ2n) is 4.71. The van der Waals surface area contributed by atoms with Crippen LogP contribution in [0.4, 0.5) is 4.79 Å². The third kappa shape index (κ3) is 4.52. The molecule has 3 unspecified atom stereocenters. The average Bonchev–Trinajstić information content (AvgIpc) is 2.82. The first kappa shape index (κ1) is 14.8. The molecule has 3 N–H and O–H groups in total. The molecule has 0 aliphatic carbocycles. The number of ether oxygens (including phenoxy) is 1. The van der Waals surface area contributed by atoms with E-state index in [0.29, 0.717) is 18.9 Å². The van der Waals surface area contributed by atoms with Crippen LogP contribution in [-0.4, -0.2) is 42.9 Å². The molecule has 0 aromatic heterocycles. The quantitative estimate of drug-likeness (QED) is 0.658. The van der Waals surface area contributed by atoms with Gasteiger partial charge in [-0.15, -0.1) is 0 Å². The molecule has 6 heteroatoms. The maximum absolute atomic E-state index is 11.6. The van der Waals surface area contributed by atoms with Gasteiger partial charge in [-0.05, 0) is 19.8 Å². The fourth-order valence-corrected chi connectivity index (χ4v) is 1.94. The number of rotatable bonds is 6. The van der Waals surface area contributed by atoms with E-state index >= 15 is 0 Å². The highest BCUT2D eigenvalue weighted by atomic mass is 16.5. The van der Waals surface area contributed by atoms with Crippen molar-refractivity contribution in [3.05, 3.63) is 0 Å². The number of carboxylic acids is 1. The summed E-state index contributed by atoms with van der Waals surface area (Å²) in [5, 5.41) is 14.3. The maximum atomic E-state index is 11.6. The predicted molar refractivity (Wildman–Crippen MR) is 66.3 cm³/mol. The summed E-state index contributed by atoms with van der Waals surface area (Å²) in [6.07, 6.45) is 1.45. The van der Waals surface area contributed by atoms with Crippen LogP contribution in [-0.2, 0) is 9.53 Å². The number of aliphatic carboxylic acids is 1. The van der Waals surface area contributed by atoms with Gasteiger partial charge in [-0.2, -0.15) is 0 Å². The Morgan fingerprint density at radius 1 is 1.50 bits per heavy atom. The van der Waals surface area contributed by atoms with Crippen LogP contribution in [0.3, 0.4) is 0 Å². The molecule has 2 amide bonds. The van der Waals surface area contributed by atoms with E-state index in [9.17, 15) is 9.59 Å². The number of amides is 2. The van der Waals surface area contributed by atoms with Crippen LogP contribution in [0.25, 0.3) is 0 Å². The largest absolute Gasteiger partial charge is 0.481 e. The van der Waals surface area contributed by atoms with E-state index in [0.717, 1.165) is 13.0 Å². The summed E-state index contributed by atoms with van der Waals surface area (Å²) in [6.45, 7) is 5.30. The van der Waals surface area contributed by atoms with Crippen molar-refractivity contribution in [3.8, 4) is 0 Å². The summed E-state index contributed by atoms with van der Waals surface area (Å²) in [5.74, 6) is -1.06. The van der Waals surface area contributed by atoms with E-state index < -0.39 is 11.9 Å². The van der Waals surface area contributed by atoms with Gasteiger partial charge in [0.25, 0.3) is 0 Å². The molecule has 0 radical (unpaired) electrons. The highest BCUT2D eigenvalue weighted by Gasteiger charge is 2.24. The Bertz CT molecular complexity index is 290. The predicted octanol–water partition coefficient (Wildman–Crippen LogP) is 0.821. The zero-order valence-electron chi connectivity index (χ0n) is 10.9. The highest BCUT2D eigenvalue weighted by Crippen LogP contribution is 2.16. The fraction of sp³-hybridized carbons (Fsp3) is 0.833. The van der Waals surface area contributed by atoms with E-state index in [1.54, 1.807) is 6.92 Å². The second-order valence-corrected chi connectivity index (χ2v) is 4.71. The van der Waals surface area contributed by atoms with Crippen LogP contribution in [0.5, 0.6) is 0 Å². The Kier molecular flexibility index (Phi) is 5.91. The lowest BCUT2D eigenvalue weighted by Crippen LogP contribution is -2.46. The number of nitrogens with one attached hydrogen (secondary N) is 2. The van der Waals surface area contributed by atoms with Crippen LogP contribution in [0.15, 0.2) is 0 Å². The molecule has 1 aliphatic heterocycles. The van der Waals surface area contributed by atoms with Crippen molar-refractivity contribution < 1.29 is 19.4 Å². The molecule has 1 saturated heterocycles. The van der Waals surface area contributed by atoms with Gasteiger partial charge in [-0.1, -0.05) is 6.92 Å². The molecule has 6 nitrogen and oxygen atoms in total. The van der Waals surface area contributed by atoms with Gasteiger partial charge < -0.3 is 20.5 Å². The number of carbonyl (C=O) groups is 2. The van der Waals surface area contributed by atoms with Gasteiger partial charge in [0, 0.05) is 25.1 Å². The number of carboxylic acid groups (broad SMARTS) is 1. The topological polar surface area (TPSA) is 87.7 Å². The summed E-state index contributed by atoms with van der Waals surface area (Å²) in [6, 6.07) is -0.272. The van der Waals surface area contributed by atoms with E-state index in [4.69, 9.17) is 9.84 Å². The highest BCUT2D eigenvalue weighted by molar-refractivity contribution is 5.76. The molecule has 18 heavy (non-hydrogen) atoms. The number of carbonyl (C=O) groups excluding carboxylic acids is 1. The molecular weight excluding hydrogens is 236 g/mol. The molecule has 0 bridgehead atoms. The lowest BCUT2D eigenvalue weighted by molar-refractivity contribution is -0.141. The van der Waals surface area contributed by atoms with Crippen molar-refractivity contribution in [3.63, 3.8) is 0 Å². The van der Waals surface area contributed by atoms with Gasteiger partial charge in [0.2, 0.25) is 0 Å². The molecule has 0 saturated carbocycles. The molecule has 0 aromatic carbocycles. The first-order valence-corrected chi connectivity index (χ1v) is 6.39. The van der Waals surface area contributed by atoms with Crippen molar-refractivity contribution in [2.75, 3.05) is 19.8 Å². The van der Waals surface area contributed by atoms with E-state index in [1.807, 2.05) is 6.92 Å². The van der Waals surface area contributed by atoms with Gasteiger partial charge in [0.15, 0.2) is 0 Å². The van der Waals surface area contributed by atoms with E-state index in [1.165, 1.54) is 0 Å². The summed E-state index contributed by atoms with van der Waals surface area (Å²) in [7, 11) is 0. The molecule has 0 spiro atoms. The molecule has 1 aliphatic rings. The van der Waals surface area contributed by atoms with Gasteiger partial charge in [0.05, 0.1) is 12.5 Å². The van der Waals surface area contributed by atoms with Gasteiger partial charge in [-0.3, -0.25) is 4.79 Å². The van der Waals surface area contributed by atoms with Crippen LogP contribution in [0, 0.1) is 11.8 Å². The third-order valence-corrected chi connectivity index (χ3v) is 3.38. The number of hydrogen-bond donors (Lipinski definition) is 3. The summed E-state index contributed by atoms with van der Waals surface area (Å²) in [4.78, 5) is 22.4. The molecule has 3 atom stereocenters. The smallest absolute Gasteiger partial charge is 0.315 e. The molecular formula is C12H22N2O4. The molecule has 1 rings (SSSR count). The van der Waals surface area contributed by atoms with Gasteiger partial charge >= 0.3 is 12.0 Å². The second kappa shape index (κ2) is 7.20. The van der Waals surface area contributed by atoms with E-state index in [2.05, 4.69) is 10.6 Å². The molecule has 1 fully saturated rings. The Morgan fingerprint density at radius 3 is 2.72 bits per heavy atom.